The number of hydrogen-bond donors (Lipinski definition) is 2. The van der Waals surface area contributed by atoms with Crippen molar-refractivity contribution in [1.82, 2.24) is 4.72 Å². The number of nitrogens with two attached hydrogens (primary N) is 1. The minimum atomic E-state index is -3.85. The van der Waals surface area contributed by atoms with Gasteiger partial charge >= 0.3 is 0 Å². The van der Waals surface area contributed by atoms with E-state index >= 15 is 0 Å². The van der Waals surface area contributed by atoms with Crippen LogP contribution in [0.15, 0.2) is 23.1 Å². The fraction of sp³-hybridized carbons (Fsp3) is 0.538. The smallest absolute Gasteiger partial charge is 0.242 e. The van der Waals surface area contributed by atoms with Crippen LogP contribution in [0.2, 0.25) is 5.02 Å². The number of hydrogen-bond acceptors (Lipinski definition) is 3. The molecule has 0 amide bonds. The lowest BCUT2D eigenvalue weighted by Crippen LogP contribution is -2.52. The van der Waals surface area contributed by atoms with Crippen LogP contribution in [0.25, 0.3) is 0 Å². The Labute approximate surface area is 124 Å². The van der Waals surface area contributed by atoms with Crippen molar-refractivity contribution in [2.24, 2.45) is 11.7 Å². The van der Waals surface area contributed by atoms with E-state index in [0.717, 1.165) is 18.2 Å². The second kappa shape index (κ2) is 6.39. The van der Waals surface area contributed by atoms with Gasteiger partial charge in [0.1, 0.15) is 10.7 Å². The summed E-state index contributed by atoms with van der Waals surface area (Å²) < 4.78 is 40.3. The van der Waals surface area contributed by atoms with Gasteiger partial charge in [-0.1, -0.05) is 25.4 Å². The van der Waals surface area contributed by atoms with Gasteiger partial charge in [0.15, 0.2) is 0 Å². The first-order valence-corrected chi connectivity index (χ1v) is 8.15. The fourth-order valence-corrected chi connectivity index (χ4v) is 4.10. The van der Waals surface area contributed by atoms with Gasteiger partial charge in [-0.3, -0.25) is 0 Å². The van der Waals surface area contributed by atoms with Crippen LogP contribution >= 0.6 is 11.6 Å². The van der Waals surface area contributed by atoms with E-state index in [9.17, 15) is 12.8 Å². The highest BCUT2D eigenvalue weighted by molar-refractivity contribution is 7.89. The van der Waals surface area contributed by atoms with Gasteiger partial charge in [-0.05, 0) is 37.5 Å². The molecule has 0 heterocycles. The maximum Gasteiger partial charge on any atom is 0.242 e. The second-order valence-corrected chi connectivity index (χ2v) is 7.60. The molecule has 0 spiro atoms. The molecule has 0 saturated carbocycles. The normalized spacial score (nSPS) is 15.3. The standard InChI is InChI=1S/C13H20ClFN2O2S/c1-9(2)7-13(3,8-16)17-20(18,19)12-5-4-10(15)6-11(12)14/h4-6,9,17H,7-8,16H2,1-3H3. The molecule has 0 aliphatic rings. The number of halogens is 2. The number of nitrogens with one attached hydrogen (secondary N) is 1. The van der Waals surface area contributed by atoms with Crippen molar-refractivity contribution >= 4 is 21.6 Å². The Bertz CT molecular complexity index is 578. The van der Waals surface area contributed by atoms with E-state index in [-0.39, 0.29) is 22.4 Å². The first kappa shape index (κ1) is 17.4. The third kappa shape index (κ3) is 4.41. The van der Waals surface area contributed by atoms with Crippen LogP contribution < -0.4 is 10.5 Å². The van der Waals surface area contributed by atoms with Crippen LogP contribution in [0.3, 0.4) is 0 Å². The molecule has 7 heteroatoms. The van der Waals surface area contributed by atoms with E-state index < -0.39 is 21.4 Å². The summed E-state index contributed by atoms with van der Waals surface area (Å²) in [4.78, 5) is -0.149. The molecule has 0 fully saturated rings. The molecule has 1 unspecified atom stereocenters. The highest BCUT2D eigenvalue weighted by Gasteiger charge is 2.31. The van der Waals surface area contributed by atoms with Gasteiger partial charge in [-0.15, -0.1) is 0 Å². The van der Waals surface area contributed by atoms with E-state index in [4.69, 9.17) is 17.3 Å². The molecule has 0 bridgehead atoms. The largest absolute Gasteiger partial charge is 0.329 e. The summed E-state index contributed by atoms with van der Waals surface area (Å²) >= 11 is 5.80. The quantitative estimate of drug-likeness (QED) is 0.845. The van der Waals surface area contributed by atoms with E-state index in [2.05, 4.69) is 4.72 Å². The van der Waals surface area contributed by atoms with E-state index in [1.54, 1.807) is 6.92 Å². The molecule has 4 nitrogen and oxygen atoms in total. The maximum absolute atomic E-state index is 13.0. The van der Waals surface area contributed by atoms with Gasteiger partial charge in [-0.2, -0.15) is 0 Å². The molecule has 0 aromatic heterocycles. The molecule has 114 valence electrons. The highest BCUT2D eigenvalue weighted by Crippen LogP contribution is 2.25. The lowest BCUT2D eigenvalue weighted by Gasteiger charge is -2.30. The topological polar surface area (TPSA) is 72.2 Å². The average Bonchev–Trinajstić information content (AvgIpc) is 2.26. The molecule has 0 saturated heterocycles. The predicted octanol–water partition coefficient (Wildman–Crippen LogP) is 2.52. The Hall–Kier alpha value is -0.690. The molecule has 1 aromatic carbocycles. The summed E-state index contributed by atoms with van der Waals surface area (Å²) in [5.74, 6) is -0.312. The molecule has 20 heavy (non-hydrogen) atoms. The second-order valence-electron chi connectivity index (χ2n) is 5.54. The summed E-state index contributed by atoms with van der Waals surface area (Å²) in [5, 5.41) is -0.151. The van der Waals surface area contributed by atoms with Gasteiger partial charge in [-0.25, -0.2) is 17.5 Å². The maximum atomic E-state index is 13.0. The molecule has 1 atom stereocenters. The predicted molar refractivity (Wildman–Crippen MR) is 78.6 cm³/mol. The third-order valence-corrected chi connectivity index (χ3v) is 4.99. The Kier molecular flexibility index (Phi) is 5.54. The van der Waals surface area contributed by atoms with Crippen LogP contribution in [-0.4, -0.2) is 20.5 Å². The first-order valence-electron chi connectivity index (χ1n) is 6.29. The van der Waals surface area contributed by atoms with Crippen molar-refractivity contribution in [3.05, 3.63) is 29.0 Å². The van der Waals surface area contributed by atoms with E-state index in [1.807, 2.05) is 13.8 Å². The van der Waals surface area contributed by atoms with Crippen molar-refractivity contribution in [2.45, 2.75) is 37.6 Å². The average molecular weight is 323 g/mol. The van der Waals surface area contributed by atoms with Crippen molar-refractivity contribution in [1.29, 1.82) is 0 Å². The Morgan fingerprint density at radius 2 is 2.05 bits per heavy atom. The molecule has 3 N–H and O–H groups in total. The van der Waals surface area contributed by atoms with Gasteiger partial charge in [0.25, 0.3) is 0 Å². The number of sulfonamides is 1. The zero-order valence-corrected chi connectivity index (χ0v) is 13.4. The van der Waals surface area contributed by atoms with Gasteiger partial charge in [0.05, 0.1) is 5.02 Å². The first-order chi connectivity index (χ1) is 9.09. The summed E-state index contributed by atoms with van der Waals surface area (Å²) in [5.41, 5.74) is 4.91. The number of rotatable bonds is 6. The summed E-state index contributed by atoms with van der Waals surface area (Å²) in [7, 11) is -3.85. The summed E-state index contributed by atoms with van der Waals surface area (Å²) in [6.45, 7) is 5.85. The van der Waals surface area contributed by atoms with Crippen molar-refractivity contribution < 1.29 is 12.8 Å². The number of benzene rings is 1. The SMILES string of the molecule is CC(C)CC(C)(CN)NS(=O)(=O)c1ccc(F)cc1Cl. The minimum Gasteiger partial charge on any atom is -0.329 e. The van der Waals surface area contributed by atoms with E-state index in [1.165, 1.54) is 0 Å². The summed E-state index contributed by atoms with van der Waals surface area (Å²) in [6.07, 6.45) is 0.585. The van der Waals surface area contributed by atoms with Gasteiger partial charge in [0, 0.05) is 12.1 Å². The van der Waals surface area contributed by atoms with Gasteiger partial charge in [0.2, 0.25) is 10.0 Å². The lowest BCUT2D eigenvalue weighted by molar-refractivity contribution is 0.344. The molecule has 1 rings (SSSR count). The van der Waals surface area contributed by atoms with Gasteiger partial charge < -0.3 is 5.73 Å². The van der Waals surface area contributed by atoms with Crippen molar-refractivity contribution in [3.63, 3.8) is 0 Å². The van der Waals surface area contributed by atoms with Crippen LogP contribution in [-0.2, 0) is 10.0 Å². The molecular formula is C13H20ClFN2O2S. The van der Waals surface area contributed by atoms with Crippen LogP contribution in [0.4, 0.5) is 4.39 Å². The Morgan fingerprint density at radius 3 is 2.50 bits per heavy atom. The van der Waals surface area contributed by atoms with Crippen LogP contribution in [0, 0.1) is 11.7 Å². The summed E-state index contributed by atoms with van der Waals surface area (Å²) in [6, 6.07) is 3.17. The van der Waals surface area contributed by atoms with Crippen molar-refractivity contribution in [3.8, 4) is 0 Å². The molecule has 0 aliphatic carbocycles. The fourth-order valence-electron chi connectivity index (χ4n) is 2.14. The third-order valence-electron chi connectivity index (χ3n) is 2.87. The Morgan fingerprint density at radius 1 is 1.45 bits per heavy atom. The van der Waals surface area contributed by atoms with Crippen LogP contribution in [0.5, 0.6) is 0 Å². The van der Waals surface area contributed by atoms with Crippen molar-refractivity contribution in [2.75, 3.05) is 6.54 Å². The van der Waals surface area contributed by atoms with E-state index in [0.29, 0.717) is 6.42 Å². The zero-order valence-electron chi connectivity index (χ0n) is 11.8. The lowest BCUT2D eigenvalue weighted by atomic mass is 9.92. The molecular weight excluding hydrogens is 303 g/mol. The zero-order chi connectivity index (χ0) is 15.6. The Balaban J connectivity index is 3.10. The highest BCUT2D eigenvalue weighted by atomic mass is 35.5. The monoisotopic (exact) mass is 322 g/mol. The van der Waals surface area contributed by atoms with Crippen LogP contribution in [0.1, 0.15) is 27.2 Å². The molecule has 1 aromatic rings. The molecule has 0 aliphatic heterocycles. The minimum absolute atomic E-state index is 0.149. The molecule has 0 radical (unpaired) electrons.